The quantitative estimate of drug-likeness (QED) is 0.428. The molecule has 0 N–H and O–H groups in total. The normalized spacial score (nSPS) is 11.4. The highest BCUT2D eigenvalue weighted by Gasteiger charge is 2.12. The summed E-state index contributed by atoms with van der Waals surface area (Å²) in [5.74, 6) is 0.806. The molecule has 0 bridgehead atoms. The predicted molar refractivity (Wildman–Crippen MR) is 78.0 cm³/mol. The molecule has 0 aliphatic carbocycles. The Morgan fingerprint density at radius 2 is 1.67 bits per heavy atom. The molecule has 0 spiro atoms. The van der Waals surface area contributed by atoms with Crippen LogP contribution in [-0.2, 0) is 4.79 Å². The Labute approximate surface area is 109 Å². The third-order valence-corrected chi connectivity index (χ3v) is 2.85. The second kappa shape index (κ2) is 6.29. The van der Waals surface area contributed by atoms with Crippen LogP contribution in [0, 0.1) is 0 Å². The molecule has 2 heteroatoms. The lowest BCUT2D eigenvalue weighted by molar-refractivity contribution is -0.104. The van der Waals surface area contributed by atoms with Crippen LogP contribution in [0.25, 0.3) is 0 Å². The molecule has 0 atom stereocenters. The summed E-state index contributed by atoms with van der Waals surface area (Å²) in [6.45, 7) is 12.2. The van der Waals surface area contributed by atoms with Gasteiger partial charge in [-0.2, -0.15) is 0 Å². The molecule has 0 saturated heterocycles. The largest absolute Gasteiger partial charge is 0.298 e. The lowest BCUT2D eigenvalue weighted by Gasteiger charge is -2.16. The number of allylic oxidation sites excluding steroid dienone is 1. The van der Waals surface area contributed by atoms with Crippen LogP contribution in [0.4, 0.5) is 5.69 Å². The highest BCUT2D eigenvalue weighted by atomic mass is 16.1. The van der Waals surface area contributed by atoms with Crippen molar-refractivity contribution >= 4 is 18.2 Å². The molecule has 0 heterocycles. The van der Waals surface area contributed by atoms with Crippen LogP contribution in [0.1, 0.15) is 50.7 Å². The average molecular weight is 243 g/mol. The average Bonchev–Trinajstić information content (AvgIpc) is 2.34. The number of carbonyl (C=O) groups excluding carboxylic acids is 1. The molecule has 96 valence electrons. The molecular formula is C16H21NO. The van der Waals surface area contributed by atoms with Crippen LogP contribution in [0.15, 0.2) is 35.3 Å². The van der Waals surface area contributed by atoms with Gasteiger partial charge in [-0.25, -0.2) is 0 Å². The van der Waals surface area contributed by atoms with Crippen molar-refractivity contribution in [2.24, 2.45) is 4.99 Å². The van der Waals surface area contributed by atoms with Crippen molar-refractivity contribution in [2.75, 3.05) is 0 Å². The SMILES string of the molecule is C=C(C=O)C=Nc1c(C(C)C)cccc1C(C)C. The zero-order valence-corrected chi connectivity index (χ0v) is 11.6. The molecule has 0 saturated carbocycles. The van der Waals surface area contributed by atoms with Gasteiger partial charge < -0.3 is 0 Å². The number of aldehydes is 1. The number of hydrogen-bond donors (Lipinski definition) is 0. The minimum absolute atomic E-state index is 0.392. The summed E-state index contributed by atoms with van der Waals surface area (Å²) in [5.41, 5.74) is 3.78. The van der Waals surface area contributed by atoms with Crippen LogP contribution < -0.4 is 0 Å². The van der Waals surface area contributed by atoms with E-state index in [1.54, 1.807) is 6.21 Å². The number of nitrogens with zero attached hydrogens (tertiary/aromatic N) is 1. The lowest BCUT2D eigenvalue weighted by Crippen LogP contribution is -1.96. The first kappa shape index (κ1) is 14.4. The first-order valence-corrected chi connectivity index (χ1v) is 6.28. The van der Waals surface area contributed by atoms with Gasteiger partial charge in [-0.3, -0.25) is 9.79 Å². The third kappa shape index (κ3) is 3.39. The Bertz CT molecular complexity index is 444. The summed E-state index contributed by atoms with van der Waals surface area (Å²) < 4.78 is 0. The zero-order valence-electron chi connectivity index (χ0n) is 11.6. The van der Waals surface area contributed by atoms with Crippen molar-refractivity contribution in [3.05, 3.63) is 41.5 Å². The fourth-order valence-electron chi connectivity index (χ4n) is 1.84. The van der Waals surface area contributed by atoms with Crippen LogP contribution in [0.5, 0.6) is 0 Å². The van der Waals surface area contributed by atoms with Gasteiger partial charge in [-0.15, -0.1) is 0 Å². The Balaban J connectivity index is 3.31. The molecule has 1 aromatic rings. The number of benzene rings is 1. The number of para-hydroxylation sites is 1. The maximum atomic E-state index is 10.6. The summed E-state index contributed by atoms with van der Waals surface area (Å²) in [5, 5.41) is 0. The van der Waals surface area contributed by atoms with Crippen LogP contribution in [0.3, 0.4) is 0 Å². The first-order valence-electron chi connectivity index (χ1n) is 6.28. The number of aliphatic imine (C=N–C) groups is 1. The van der Waals surface area contributed by atoms with Gasteiger partial charge in [-0.05, 0) is 23.0 Å². The second-order valence-corrected chi connectivity index (χ2v) is 5.05. The minimum Gasteiger partial charge on any atom is -0.298 e. The van der Waals surface area contributed by atoms with Crippen molar-refractivity contribution in [3.8, 4) is 0 Å². The van der Waals surface area contributed by atoms with E-state index in [1.807, 2.05) is 0 Å². The Hall–Kier alpha value is -1.70. The van der Waals surface area contributed by atoms with E-state index in [4.69, 9.17) is 0 Å². The van der Waals surface area contributed by atoms with Gasteiger partial charge in [0.05, 0.1) is 5.69 Å². The molecule has 0 aliphatic heterocycles. The fourth-order valence-corrected chi connectivity index (χ4v) is 1.84. The molecule has 1 aromatic carbocycles. The number of carbonyl (C=O) groups is 1. The Kier molecular flexibility index (Phi) is 5.02. The molecule has 2 nitrogen and oxygen atoms in total. The van der Waals surface area contributed by atoms with Gasteiger partial charge in [0, 0.05) is 11.8 Å². The monoisotopic (exact) mass is 243 g/mol. The second-order valence-electron chi connectivity index (χ2n) is 5.05. The van der Waals surface area contributed by atoms with Crippen molar-refractivity contribution in [1.29, 1.82) is 0 Å². The van der Waals surface area contributed by atoms with Crippen LogP contribution in [-0.4, -0.2) is 12.5 Å². The van der Waals surface area contributed by atoms with Crippen molar-refractivity contribution in [1.82, 2.24) is 0 Å². The van der Waals surface area contributed by atoms with E-state index in [2.05, 4.69) is 57.5 Å². The van der Waals surface area contributed by atoms with E-state index in [1.165, 1.54) is 11.1 Å². The lowest BCUT2D eigenvalue weighted by atomic mass is 9.93. The standard InChI is InChI=1S/C16H21NO/c1-11(2)14-7-6-8-15(12(3)4)16(14)17-9-13(5)10-18/h6-12H,5H2,1-4H3. The zero-order chi connectivity index (χ0) is 13.7. The van der Waals surface area contributed by atoms with E-state index in [-0.39, 0.29) is 0 Å². The molecule has 0 amide bonds. The Morgan fingerprint density at radius 1 is 1.17 bits per heavy atom. The highest BCUT2D eigenvalue weighted by Crippen LogP contribution is 2.34. The number of hydrogen-bond acceptors (Lipinski definition) is 2. The summed E-state index contributed by atoms with van der Waals surface area (Å²) in [6.07, 6.45) is 2.26. The summed E-state index contributed by atoms with van der Waals surface area (Å²) in [6, 6.07) is 6.25. The van der Waals surface area contributed by atoms with Gasteiger partial charge in [0.15, 0.2) is 6.29 Å². The Morgan fingerprint density at radius 3 is 2.06 bits per heavy atom. The smallest absolute Gasteiger partial charge is 0.150 e. The van der Waals surface area contributed by atoms with Gasteiger partial charge in [-0.1, -0.05) is 52.5 Å². The number of rotatable bonds is 5. The van der Waals surface area contributed by atoms with Gasteiger partial charge in [0.25, 0.3) is 0 Å². The van der Waals surface area contributed by atoms with Gasteiger partial charge in [0.2, 0.25) is 0 Å². The maximum Gasteiger partial charge on any atom is 0.150 e. The minimum atomic E-state index is 0.392. The summed E-state index contributed by atoms with van der Waals surface area (Å²) in [4.78, 5) is 15.0. The molecule has 0 unspecified atom stereocenters. The predicted octanol–water partition coefficient (Wildman–Crippen LogP) is 4.39. The van der Waals surface area contributed by atoms with E-state index in [0.29, 0.717) is 17.4 Å². The summed E-state index contributed by atoms with van der Waals surface area (Å²) in [7, 11) is 0. The van der Waals surface area contributed by atoms with E-state index < -0.39 is 0 Å². The molecule has 0 aromatic heterocycles. The molecule has 1 rings (SSSR count). The fraction of sp³-hybridized carbons (Fsp3) is 0.375. The first-order chi connectivity index (χ1) is 8.47. The topological polar surface area (TPSA) is 29.4 Å². The van der Waals surface area contributed by atoms with E-state index >= 15 is 0 Å². The van der Waals surface area contributed by atoms with Crippen molar-refractivity contribution in [2.45, 2.75) is 39.5 Å². The van der Waals surface area contributed by atoms with E-state index in [0.717, 1.165) is 12.0 Å². The van der Waals surface area contributed by atoms with Crippen molar-refractivity contribution < 1.29 is 4.79 Å². The van der Waals surface area contributed by atoms with Gasteiger partial charge >= 0.3 is 0 Å². The molecular weight excluding hydrogens is 222 g/mol. The maximum absolute atomic E-state index is 10.6. The van der Waals surface area contributed by atoms with Crippen molar-refractivity contribution in [3.63, 3.8) is 0 Å². The van der Waals surface area contributed by atoms with Gasteiger partial charge in [0.1, 0.15) is 0 Å². The molecule has 0 radical (unpaired) electrons. The van der Waals surface area contributed by atoms with Crippen LogP contribution >= 0.6 is 0 Å². The van der Waals surface area contributed by atoms with Crippen LogP contribution in [0.2, 0.25) is 0 Å². The summed E-state index contributed by atoms with van der Waals surface area (Å²) >= 11 is 0. The molecule has 0 aliphatic rings. The molecule has 0 fully saturated rings. The van der Waals surface area contributed by atoms with E-state index in [9.17, 15) is 4.79 Å². The highest BCUT2D eigenvalue weighted by molar-refractivity contribution is 6.01. The third-order valence-electron chi connectivity index (χ3n) is 2.85. The molecule has 18 heavy (non-hydrogen) atoms.